The second-order valence-corrected chi connectivity index (χ2v) is 19.2. The summed E-state index contributed by atoms with van der Waals surface area (Å²) in [5, 5.41) is 37.5. The van der Waals surface area contributed by atoms with Gasteiger partial charge in [-0.25, -0.2) is 9.97 Å². The Labute approximate surface area is 330 Å². The van der Waals surface area contributed by atoms with Gasteiger partial charge in [0, 0.05) is 10.8 Å². The van der Waals surface area contributed by atoms with Gasteiger partial charge in [-0.05, 0) is 36.4 Å². The van der Waals surface area contributed by atoms with Crippen LogP contribution in [0.5, 0.6) is 6.01 Å². The molecule has 296 valence electrons. The van der Waals surface area contributed by atoms with Crippen molar-refractivity contribution in [2.45, 2.75) is 62.2 Å². The van der Waals surface area contributed by atoms with Crippen LogP contribution in [0.1, 0.15) is 52.9 Å². The van der Waals surface area contributed by atoms with Crippen molar-refractivity contribution in [3.05, 3.63) is 47.8 Å². The molecule has 7 aromatic rings. The fourth-order valence-corrected chi connectivity index (χ4v) is 8.08. The van der Waals surface area contributed by atoms with Gasteiger partial charge in [-0.2, -0.15) is 51.3 Å². The van der Waals surface area contributed by atoms with Crippen LogP contribution in [0.25, 0.3) is 32.3 Å². The average Bonchev–Trinajstić information content (AvgIpc) is 3.86. The van der Waals surface area contributed by atoms with Crippen molar-refractivity contribution in [3.63, 3.8) is 0 Å². The van der Waals surface area contributed by atoms with Crippen molar-refractivity contribution in [2.24, 2.45) is 20.5 Å². The van der Waals surface area contributed by atoms with E-state index < -0.39 is 37.1 Å². The Morgan fingerprint density at radius 3 is 1.35 bits per heavy atom. The number of aromatic nitrogens is 9. The average molecular weight is 854 g/mol. The molecule has 57 heavy (non-hydrogen) atoms. The van der Waals surface area contributed by atoms with Crippen molar-refractivity contribution in [3.8, 4) is 17.9 Å². The Hall–Kier alpha value is -5.93. The molecule has 0 atom stereocenters. The minimum Gasteiger partial charge on any atom is -0.479 e. The lowest BCUT2D eigenvalue weighted by Gasteiger charge is -2.15. The van der Waals surface area contributed by atoms with Crippen LogP contribution in [0.15, 0.2) is 66.6 Å². The number of hydrogen-bond donors (Lipinski definition) is 5. The van der Waals surface area contributed by atoms with Crippen LogP contribution in [0, 0.1) is 0 Å². The molecule has 0 amide bonds. The Bertz CT molecular complexity index is 2840. The highest BCUT2D eigenvalue weighted by Gasteiger charge is 2.31. The zero-order chi connectivity index (χ0) is 41.4. The first-order valence-electron chi connectivity index (χ1n) is 16.3. The lowest BCUT2D eigenvalue weighted by atomic mass is 9.91. The zero-order valence-electron chi connectivity index (χ0n) is 30.5. The monoisotopic (exact) mass is 853 g/mol. The SMILES string of the molecule is CC(C)(C)c1nn(-c2nc(O)nc(-n3nc(C(C)(C)C)c(N=Nc4nc5ccc(S(=O)(=O)O)cc5s4)c3N)n2)c(N)c1N=Nc1nc2ccc(S(=O)(=O)O)cc2s1. The van der Waals surface area contributed by atoms with Gasteiger partial charge in [0.25, 0.3) is 32.1 Å². The first kappa shape index (κ1) is 39.3. The van der Waals surface area contributed by atoms with Crippen LogP contribution < -0.4 is 11.5 Å². The summed E-state index contributed by atoms with van der Waals surface area (Å²) in [7, 11) is -8.86. The van der Waals surface area contributed by atoms with E-state index in [4.69, 9.17) is 11.5 Å². The number of thiazole rings is 2. The molecule has 2 aromatic carbocycles. The van der Waals surface area contributed by atoms with Gasteiger partial charge in [-0.3, -0.25) is 9.11 Å². The van der Waals surface area contributed by atoms with E-state index in [-0.39, 0.29) is 55.0 Å². The topological polar surface area (TPSA) is 331 Å². The highest BCUT2D eigenvalue weighted by Crippen LogP contribution is 2.41. The van der Waals surface area contributed by atoms with Gasteiger partial charge < -0.3 is 16.6 Å². The Balaban J connectivity index is 1.27. The highest BCUT2D eigenvalue weighted by molar-refractivity contribution is 7.86. The fourth-order valence-electron chi connectivity index (χ4n) is 5.27. The Morgan fingerprint density at radius 2 is 1.00 bits per heavy atom. The molecule has 5 aromatic heterocycles. The van der Waals surface area contributed by atoms with E-state index in [2.05, 4.69) is 55.6 Å². The molecule has 0 aliphatic heterocycles. The fraction of sp³-hybridized carbons (Fsp3) is 0.258. The van der Waals surface area contributed by atoms with Crippen molar-refractivity contribution in [1.82, 2.24) is 44.5 Å². The van der Waals surface area contributed by atoms with E-state index in [0.29, 0.717) is 31.8 Å². The number of rotatable bonds is 8. The third-order valence-corrected chi connectivity index (χ3v) is 11.5. The summed E-state index contributed by atoms with van der Waals surface area (Å²) in [5.41, 5.74) is 13.7. The van der Waals surface area contributed by atoms with Crippen molar-refractivity contribution in [2.75, 3.05) is 11.5 Å². The zero-order valence-corrected chi connectivity index (χ0v) is 33.8. The Morgan fingerprint density at radius 1 is 0.614 bits per heavy atom. The van der Waals surface area contributed by atoms with Crippen LogP contribution in [0.3, 0.4) is 0 Å². The van der Waals surface area contributed by atoms with E-state index in [9.17, 15) is 31.0 Å². The summed E-state index contributed by atoms with van der Waals surface area (Å²) in [6.07, 6.45) is 0. The van der Waals surface area contributed by atoms with Gasteiger partial charge in [0.1, 0.15) is 0 Å². The maximum Gasteiger partial charge on any atom is 0.320 e. The number of benzene rings is 2. The first-order valence-corrected chi connectivity index (χ1v) is 20.8. The summed E-state index contributed by atoms with van der Waals surface area (Å²) in [6, 6.07) is 7.14. The van der Waals surface area contributed by atoms with Gasteiger partial charge in [0.05, 0.1) is 41.6 Å². The van der Waals surface area contributed by atoms with E-state index >= 15 is 0 Å². The molecule has 0 saturated carbocycles. The molecular weight excluding hydrogens is 823 g/mol. The van der Waals surface area contributed by atoms with Crippen molar-refractivity contribution < 1.29 is 31.0 Å². The minimum atomic E-state index is -4.43. The molecule has 7 rings (SSSR count). The second-order valence-electron chi connectivity index (χ2n) is 14.3. The number of nitrogens with two attached hydrogens (primary N) is 2. The number of hydrogen-bond acceptors (Lipinski definition) is 20. The normalized spacial score (nSPS) is 13.3. The quantitative estimate of drug-likeness (QED) is 0.0832. The van der Waals surface area contributed by atoms with Gasteiger partial charge in [0.15, 0.2) is 23.0 Å². The van der Waals surface area contributed by atoms with Crippen LogP contribution in [-0.4, -0.2) is 75.5 Å². The summed E-state index contributed by atoms with van der Waals surface area (Å²) < 4.78 is 68.5. The number of azo groups is 2. The molecule has 5 heterocycles. The summed E-state index contributed by atoms with van der Waals surface area (Å²) in [5.74, 6) is -0.580. The lowest BCUT2D eigenvalue weighted by Crippen LogP contribution is -2.16. The molecule has 26 heteroatoms. The third kappa shape index (κ3) is 7.76. The van der Waals surface area contributed by atoms with E-state index in [1.807, 2.05) is 41.5 Å². The first-order chi connectivity index (χ1) is 26.5. The lowest BCUT2D eigenvalue weighted by molar-refractivity contribution is 0.423. The van der Waals surface area contributed by atoms with Gasteiger partial charge in [-0.1, -0.05) is 64.2 Å². The third-order valence-electron chi connectivity index (χ3n) is 7.95. The maximum absolute atomic E-state index is 11.6. The molecule has 0 spiro atoms. The highest BCUT2D eigenvalue weighted by atomic mass is 32.2. The molecule has 0 aliphatic rings. The summed E-state index contributed by atoms with van der Waals surface area (Å²) in [4.78, 5) is 20.7. The number of anilines is 2. The molecule has 0 unspecified atom stereocenters. The number of nitrogens with zero attached hydrogens (tertiary/aromatic N) is 13. The Kier molecular flexibility index (Phi) is 9.40. The molecular formula is C31H31N15O7S4. The summed E-state index contributed by atoms with van der Waals surface area (Å²) >= 11 is 2.07. The van der Waals surface area contributed by atoms with E-state index in [0.717, 1.165) is 32.0 Å². The van der Waals surface area contributed by atoms with E-state index in [1.54, 1.807) is 0 Å². The molecule has 0 fully saturated rings. The predicted molar refractivity (Wildman–Crippen MR) is 209 cm³/mol. The maximum atomic E-state index is 11.6. The molecule has 0 bridgehead atoms. The number of nitrogen functional groups attached to an aromatic ring is 2. The van der Waals surface area contributed by atoms with Crippen LogP contribution >= 0.6 is 22.7 Å². The summed E-state index contributed by atoms with van der Waals surface area (Å²) in [6.45, 7) is 11.2. The molecule has 0 aliphatic carbocycles. The van der Waals surface area contributed by atoms with Crippen molar-refractivity contribution in [1.29, 1.82) is 0 Å². The van der Waals surface area contributed by atoms with Crippen LogP contribution in [0.2, 0.25) is 0 Å². The molecule has 7 N–H and O–H groups in total. The van der Waals surface area contributed by atoms with Crippen LogP contribution in [0.4, 0.5) is 33.3 Å². The van der Waals surface area contributed by atoms with Gasteiger partial charge in [0.2, 0.25) is 10.3 Å². The largest absolute Gasteiger partial charge is 0.479 e. The number of fused-ring (bicyclic) bond motifs is 2. The standard InChI is InChI=1S/C31H31N15O7S4/c1-30(2,3)21-19(39-41-28-34-15-9-7-13(56(48,49)50)11-17(15)54-28)23(32)45(43-21)25-36-26(38-27(47)37-25)46-24(33)20(22(44-46)31(4,5)6)40-42-29-35-16-10-8-14(57(51,52)53)12-18(16)55-29/h7-12H,32-33H2,1-6H3,(H,48,49,50)(H,51,52,53)(H,36,37,38,47). The molecule has 0 saturated heterocycles. The van der Waals surface area contributed by atoms with Crippen molar-refractivity contribution >= 4 is 96.6 Å². The van der Waals surface area contributed by atoms with Gasteiger partial charge >= 0.3 is 6.01 Å². The predicted octanol–water partition coefficient (Wildman–Crippen LogP) is 6.25. The smallest absolute Gasteiger partial charge is 0.320 e. The second kappa shape index (κ2) is 13.6. The minimum absolute atomic E-state index is 0.0622. The van der Waals surface area contributed by atoms with Gasteiger partial charge in [-0.15, -0.1) is 20.5 Å². The number of aromatic hydroxyl groups is 1. The molecule has 22 nitrogen and oxygen atoms in total. The molecule has 0 radical (unpaired) electrons. The van der Waals surface area contributed by atoms with Crippen LogP contribution in [-0.2, 0) is 31.1 Å². The van der Waals surface area contributed by atoms with E-state index in [1.165, 1.54) is 36.4 Å².